The first kappa shape index (κ1) is 18.7. The lowest BCUT2D eigenvalue weighted by molar-refractivity contribution is 0.254. The molecule has 4 heteroatoms. The molecule has 0 radical (unpaired) electrons. The number of nitrogens with one attached hydrogen (secondary N) is 1. The quantitative estimate of drug-likeness (QED) is 0.610. The summed E-state index contributed by atoms with van der Waals surface area (Å²) in [6.07, 6.45) is 2.95. The number of ether oxygens (including phenoxy) is 1. The molecule has 144 valence electrons. The van der Waals surface area contributed by atoms with Crippen molar-refractivity contribution in [3.8, 4) is 5.75 Å². The average molecular weight is 374 g/mol. The van der Waals surface area contributed by atoms with Crippen LogP contribution in [0.15, 0.2) is 72.9 Å². The van der Waals surface area contributed by atoms with E-state index in [1.165, 1.54) is 16.7 Å². The molecular weight excluding hydrogens is 346 g/mol. The highest BCUT2D eigenvalue weighted by atomic mass is 16.5. The molecule has 2 aromatic carbocycles. The third-order valence-corrected chi connectivity index (χ3v) is 5.15. The van der Waals surface area contributed by atoms with Crippen LogP contribution >= 0.6 is 0 Å². The summed E-state index contributed by atoms with van der Waals surface area (Å²) in [4.78, 5) is 6.82. The average Bonchev–Trinajstić information content (AvgIpc) is 2.76. The van der Waals surface area contributed by atoms with Gasteiger partial charge < -0.3 is 10.1 Å². The first-order valence-electron chi connectivity index (χ1n) is 9.98. The highest BCUT2D eigenvalue weighted by molar-refractivity contribution is 5.29. The van der Waals surface area contributed by atoms with E-state index in [2.05, 4.69) is 51.6 Å². The van der Waals surface area contributed by atoms with Gasteiger partial charge >= 0.3 is 0 Å². The Kier molecular flexibility index (Phi) is 6.32. The van der Waals surface area contributed by atoms with Gasteiger partial charge in [-0.25, -0.2) is 0 Å². The summed E-state index contributed by atoms with van der Waals surface area (Å²) in [6, 6.07) is 23.0. The smallest absolute Gasteiger partial charge is 0.130 e. The van der Waals surface area contributed by atoms with Crippen LogP contribution in [-0.2, 0) is 26.1 Å². The first-order valence-corrected chi connectivity index (χ1v) is 9.98. The van der Waals surface area contributed by atoms with Crippen LogP contribution in [-0.4, -0.2) is 29.5 Å². The molecule has 1 N–H and O–H groups in total. The maximum atomic E-state index is 5.87. The van der Waals surface area contributed by atoms with Crippen molar-refractivity contribution in [2.75, 3.05) is 19.6 Å². The zero-order valence-corrected chi connectivity index (χ0v) is 16.2. The van der Waals surface area contributed by atoms with E-state index < -0.39 is 0 Å². The Morgan fingerprint density at radius 2 is 1.86 bits per heavy atom. The van der Waals surface area contributed by atoms with Crippen LogP contribution in [0.25, 0.3) is 0 Å². The van der Waals surface area contributed by atoms with Crippen molar-refractivity contribution >= 4 is 0 Å². The Balaban J connectivity index is 1.20. The molecule has 0 aliphatic carbocycles. The van der Waals surface area contributed by atoms with Crippen LogP contribution in [0.2, 0.25) is 0 Å². The molecule has 1 aliphatic heterocycles. The SMILES string of the molecule is c1ccc(COc2cccc(CNCCN3CCc4ccccc4C3)c2)nc1. The van der Waals surface area contributed by atoms with Crippen LogP contribution < -0.4 is 10.1 Å². The maximum absolute atomic E-state index is 5.87. The van der Waals surface area contributed by atoms with Crippen molar-refractivity contribution in [3.05, 3.63) is 95.3 Å². The van der Waals surface area contributed by atoms with Crippen LogP contribution in [0.5, 0.6) is 5.75 Å². The summed E-state index contributed by atoms with van der Waals surface area (Å²) in [7, 11) is 0. The lowest BCUT2D eigenvalue weighted by Gasteiger charge is -2.28. The normalized spacial score (nSPS) is 13.9. The van der Waals surface area contributed by atoms with E-state index in [0.29, 0.717) is 6.61 Å². The maximum Gasteiger partial charge on any atom is 0.130 e. The molecule has 4 rings (SSSR count). The largest absolute Gasteiger partial charge is 0.487 e. The summed E-state index contributed by atoms with van der Waals surface area (Å²) in [5, 5.41) is 3.56. The summed E-state index contributed by atoms with van der Waals surface area (Å²) in [5.41, 5.74) is 5.16. The van der Waals surface area contributed by atoms with Crippen molar-refractivity contribution in [2.24, 2.45) is 0 Å². The fourth-order valence-corrected chi connectivity index (χ4v) is 3.60. The minimum absolute atomic E-state index is 0.494. The highest BCUT2D eigenvalue weighted by Gasteiger charge is 2.14. The molecule has 28 heavy (non-hydrogen) atoms. The number of rotatable bonds is 8. The molecule has 0 fully saturated rings. The second-order valence-corrected chi connectivity index (χ2v) is 7.23. The summed E-state index contributed by atoms with van der Waals surface area (Å²) in [6.45, 7) is 5.62. The van der Waals surface area contributed by atoms with Crippen LogP contribution in [0.4, 0.5) is 0 Å². The van der Waals surface area contributed by atoms with Gasteiger partial charge in [-0.3, -0.25) is 9.88 Å². The van der Waals surface area contributed by atoms with Gasteiger partial charge in [0.05, 0.1) is 5.69 Å². The highest BCUT2D eigenvalue weighted by Crippen LogP contribution is 2.18. The van der Waals surface area contributed by atoms with E-state index in [1.54, 1.807) is 6.20 Å². The second-order valence-electron chi connectivity index (χ2n) is 7.23. The van der Waals surface area contributed by atoms with Gasteiger partial charge in [-0.15, -0.1) is 0 Å². The third-order valence-electron chi connectivity index (χ3n) is 5.15. The number of benzene rings is 2. The topological polar surface area (TPSA) is 37.4 Å². The van der Waals surface area contributed by atoms with E-state index in [4.69, 9.17) is 4.74 Å². The van der Waals surface area contributed by atoms with Crippen molar-refractivity contribution in [1.29, 1.82) is 0 Å². The summed E-state index contributed by atoms with van der Waals surface area (Å²) >= 11 is 0. The molecule has 3 aromatic rings. The van der Waals surface area contributed by atoms with Gasteiger partial charge in [0.15, 0.2) is 0 Å². The molecule has 0 atom stereocenters. The molecule has 1 aromatic heterocycles. The van der Waals surface area contributed by atoms with Gasteiger partial charge in [0, 0.05) is 38.9 Å². The van der Waals surface area contributed by atoms with Crippen molar-refractivity contribution in [2.45, 2.75) is 26.1 Å². The lowest BCUT2D eigenvalue weighted by atomic mass is 10.00. The minimum atomic E-state index is 0.494. The first-order chi connectivity index (χ1) is 13.9. The minimum Gasteiger partial charge on any atom is -0.487 e. The number of hydrogen-bond acceptors (Lipinski definition) is 4. The fourth-order valence-electron chi connectivity index (χ4n) is 3.60. The van der Waals surface area contributed by atoms with E-state index in [-0.39, 0.29) is 0 Å². The number of fused-ring (bicyclic) bond motifs is 1. The lowest BCUT2D eigenvalue weighted by Crippen LogP contribution is -2.35. The van der Waals surface area contributed by atoms with Crippen molar-refractivity contribution in [1.82, 2.24) is 15.2 Å². The molecule has 0 spiro atoms. The van der Waals surface area contributed by atoms with Gasteiger partial charge in [0.1, 0.15) is 12.4 Å². The van der Waals surface area contributed by atoms with Gasteiger partial charge in [-0.05, 0) is 47.4 Å². The molecule has 0 saturated carbocycles. The van der Waals surface area contributed by atoms with Gasteiger partial charge in [0.25, 0.3) is 0 Å². The predicted molar refractivity (Wildman–Crippen MR) is 112 cm³/mol. The Labute approximate surface area is 167 Å². The Bertz CT molecular complexity index is 882. The van der Waals surface area contributed by atoms with E-state index in [0.717, 1.165) is 50.6 Å². The van der Waals surface area contributed by atoms with E-state index in [1.807, 2.05) is 30.3 Å². The molecule has 0 bridgehead atoms. The molecule has 0 unspecified atom stereocenters. The van der Waals surface area contributed by atoms with Gasteiger partial charge in [-0.2, -0.15) is 0 Å². The number of nitrogens with zero attached hydrogens (tertiary/aromatic N) is 2. The Morgan fingerprint density at radius 3 is 2.75 bits per heavy atom. The number of pyridine rings is 1. The van der Waals surface area contributed by atoms with Gasteiger partial charge in [-0.1, -0.05) is 42.5 Å². The molecule has 4 nitrogen and oxygen atoms in total. The molecule has 0 amide bonds. The Hall–Kier alpha value is -2.69. The van der Waals surface area contributed by atoms with Crippen molar-refractivity contribution in [3.63, 3.8) is 0 Å². The van der Waals surface area contributed by atoms with E-state index in [9.17, 15) is 0 Å². The van der Waals surface area contributed by atoms with Crippen LogP contribution in [0.3, 0.4) is 0 Å². The molecule has 2 heterocycles. The zero-order valence-electron chi connectivity index (χ0n) is 16.2. The van der Waals surface area contributed by atoms with Gasteiger partial charge in [0.2, 0.25) is 0 Å². The third kappa shape index (κ3) is 5.18. The molecule has 1 aliphatic rings. The predicted octanol–water partition coefficient (Wildman–Crippen LogP) is 3.81. The summed E-state index contributed by atoms with van der Waals surface area (Å²) in [5.74, 6) is 0.887. The molecular formula is C24H27N3O. The van der Waals surface area contributed by atoms with E-state index >= 15 is 0 Å². The van der Waals surface area contributed by atoms with Crippen LogP contribution in [0.1, 0.15) is 22.4 Å². The van der Waals surface area contributed by atoms with Crippen molar-refractivity contribution < 1.29 is 4.74 Å². The fraction of sp³-hybridized carbons (Fsp3) is 0.292. The zero-order chi connectivity index (χ0) is 19.0. The molecule has 0 saturated heterocycles. The second kappa shape index (κ2) is 9.49. The summed E-state index contributed by atoms with van der Waals surface area (Å²) < 4.78 is 5.87. The number of hydrogen-bond donors (Lipinski definition) is 1. The Morgan fingerprint density at radius 1 is 0.964 bits per heavy atom. The monoisotopic (exact) mass is 373 g/mol. The standard InChI is InChI=1S/C24H27N3O/c1-2-8-22-18-27(14-11-21(22)7-1)15-13-25-17-20-6-5-10-24(16-20)28-19-23-9-3-4-12-26-23/h1-10,12,16,25H,11,13-15,17-19H2. The number of aromatic nitrogens is 1. The van der Waals surface area contributed by atoms with Crippen LogP contribution in [0, 0.1) is 0 Å².